The molecular weight excluding hydrogens is 279 g/mol. The van der Waals surface area contributed by atoms with E-state index in [1.165, 1.54) is 47.2 Å². The molecule has 0 radical (unpaired) electrons. The molecule has 1 aromatic rings. The zero-order valence-corrected chi connectivity index (χ0v) is 12.7. The summed E-state index contributed by atoms with van der Waals surface area (Å²) in [5.41, 5.74) is 1.20. The fourth-order valence-electron chi connectivity index (χ4n) is 2.32. The Morgan fingerprint density at radius 3 is 2.71 bits per heavy atom. The third kappa shape index (κ3) is 3.12. The van der Waals surface area contributed by atoms with Gasteiger partial charge < -0.3 is 0 Å². The third-order valence-electron chi connectivity index (χ3n) is 3.23. The van der Waals surface area contributed by atoms with Gasteiger partial charge in [-0.25, -0.2) is 0 Å². The fourth-order valence-corrected chi connectivity index (χ4v) is 4.66. The predicted molar refractivity (Wildman–Crippen MR) is 72.0 cm³/mol. The van der Waals surface area contributed by atoms with E-state index in [9.17, 15) is 0 Å². The van der Waals surface area contributed by atoms with Crippen molar-refractivity contribution >= 4 is 19.2 Å². The Balaban J connectivity index is 2.11. The molecule has 0 spiro atoms. The Labute approximate surface area is 110 Å². The van der Waals surface area contributed by atoms with Gasteiger partial charge in [0.15, 0.2) is 0 Å². The van der Waals surface area contributed by atoms with Crippen LogP contribution < -0.4 is 4.90 Å². The molecular formula is C13H22N2OSe. The average molecular weight is 301 g/mol. The van der Waals surface area contributed by atoms with Gasteiger partial charge in [0.25, 0.3) is 0 Å². The van der Waals surface area contributed by atoms with Crippen molar-refractivity contribution in [3.05, 3.63) is 10.1 Å². The number of nitrogens with zero attached hydrogens (tertiary/aromatic N) is 2. The third-order valence-corrected chi connectivity index (χ3v) is 6.13. The van der Waals surface area contributed by atoms with Crippen LogP contribution in [-0.2, 0) is 4.74 Å². The molecule has 0 aromatic carbocycles. The Bertz CT molecular complexity index is 358. The van der Waals surface area contributed by atoms with E-state index in [2.05, 4.69) is 25.7 Å². The molecule has 4 heteroatoms. The van der Waals surface area contributed by atoms with Crippen molar-refractivity contribution in [3.63, 3.8) is 0 Å². The van der Waals surface area contributed by atoms with E-state index < -0.39 is 0 Å². The molecule has 0 aliphatic carbocycles. The Morgan fingerprint density at radius 2 is 2.06 bits per heavy atom. The summed E-state index contributed by atoms with van der Waals surface area (Å²) in [6.07, 6.45) is 4.27. The minimum atomic E-state index is 0.242. The zero-order valence-electron chi connectivity index (χ0n) is 11.0. The molecule has 1 aromatic heterocycles. The van der Waals surface area contributed by atoms with Crippen LogP contribution in [0.1, 0.15) is 49.3 Å². The second kappa shape index (κ2) is 6.03. The molecule has 0 amide bonds. The van der Waals surface area contributed by atoms with Gasteiger partial charge in [0.05, 0.1) is 0 Å². The van der Waals surface area contributed by atoms with Gasteiger partial charge in [0, 0.05) is 0 Å². The first-order valence-corrected chi connectivity index (χ1v) is 8.27. The number of rotatable bonds is 4. The first kappa shape index (κ1) is 13.1. The number of anilines is 1. The molecule has 1 unspecified atom stereocenters. The fraction of sp³-hybridized carbons (Fsp3) is 0.769. The molecule has 0 bridgehead atoms. The van der Waals surface area contributed by atoms with Crippen LogP contribution in [0.4, 0.5) is 4.69 Å². The second-order valence-corrected chi connectivity index (χ2v) is 6.71. The zero-order chi connectivity index (χ0) is 12.3. The number of aryl methyl sites for hydroxylation is 1. The van der Waals surface area contributed by atoms with Crippen molar-refractivity contribution in [1.82, 2.24) is 4.98 Å². The number of ether oxygens (including phenoxy) is 1. The van der Waals surface area contributed by atoms with Crippen LogP contribution in [-0.4, -0.2) is 39.2 Å². The second-order valence-electron chi connectivity index (χ2n) is 4.59. The van der Waals surface area contributed by atoms with Gasteiger partial charge >= 0.3 is 110 Å². The van der Waals surface area contributed by atoms with Gasteiger partial charge in [-0.3, -0.25) is 0 Å². The van der Waals surface area contributed by atoms with E-state index in [4.69, 9.17) is 9.72 Å². The van der Waals surface area contributed by atoms with E-state index in [-0.39, 0.29) is 6.10 Å². The molecule has 2 heterocycles. The van der Waals surface area contributed by atoms with Crippen LogP contribution in [0.5, 0.6) is 0 Å². The molecule has 0 N–H and O–H groups in total. The number of piperidine rings is 1. The quantitative estimate of drug-likeness (QED) is 0.799. The van der Waals surface area contributed by atoms with E-state index in [0.717, 1.165) is 6.61 Å². The van der Waals surface area contributed by atoms with Crippen LogP contribution in [0.25, 0.3) is 0 Å². The van der Waals surface area contributed by atoms with Gasteiger partial charge in [-0.05, 0) is 0 Å². The van der Waals surface area contributed by atoms with Crippen LogP contribution in [0.2, 0.25) is 0 Å². The first-order chi connectivity index (χ1) is 8.22. The summed E-state index contributed by atoms with van der Waals surface area (Å²) in [5, 5.41) is 0. The average Bonchev–Trinajstić information content (AvgIpc) is 2.73. The van der Waals surface area contributed by atoms with Gasteiger partial charge in [-0.1, -0.05) is 0 Å². The first-order valence-electron chi connectivity index (χ1n) is 6.56. The van der Waals surface area contributed by atoms with E-state index in [0.29, 0.717) is 14.5 Å². The molecule has 3 nitrogen and oxygen atoms in total. The van der Waals surface area contributed by atoms with Crippen LogP contribution >= 0.6 is 0 Å². The predicted octanol–water partition coefficient (Wildman–Crippen LogP) is 2.53. The number of hydrogen-bond acceptors (Lipinski definition) is 3. The summed E-state index contributed by atoms with van der Waals surface area (Å²) in [7, 11) is 0. The van der Waals surface area contributed by atoms with Crippen LogP contribution in [0.15, 0.2) is 0 Å². The SMILES string of the molecule is CCOC(C)c1[se]c(N2CCCCC2)nc1C. The van der Waals surface area contributed by atoms with Crippen LogP contribution in [0, 0.1) is 6.92 Å². The molecule has 1 aliphatic heterocycles. The molecule has 96 valence electrons. The maximum absolute atomic E-state index is 5.70. The van der Waals surface area contributed by atoms with Crippen molar-refractivity contribution in [2.24, 2.45) is 0 Å². The maximum atomic E-state index is 5.70. The summed E-state index contributed by atoms with van der Waals surface area (Å²) in [5.74, 6) is 0. The summed E-state index contributed by atoms with van der Waals surface area (Å²) in [6.45, 7) is 9.52. The molecule has 1 atom stereocenters. The summed E-state index contributed by atoms with van der Waals surface area (Å²) in [6, 6.07) is 0. The van der Waals surface area contributed by atoms with Crippen molar-refractivity contribution in [3.8, 4) is 0 Å². The normalized spacial score (nSPS) is 18.4. The van der Waals surface area contributed by atoms with Crippen molar-refractivity contribution in [2.75, 3.05) is 24.6 Å². The number of aromatic nitrogens is 1. The van der Waals surface area contributed by atoms with Crippen molar-refractivity contribution in [2.45, 2.75) is 46.1 Å². The Morgan fingerprint density at radius 1 is 1.35 bits per heavy atom. The van der Waals surface area contributed by atoms with Gasteiger partial charge in [-0.15, -0.1) is 0 Å². The van der Waals surface area contributed by atoms with Gasteiger partial charge in [-0.2, -0.15) is 0 Å². The molecule has 1 aliphatic rings. The van der Waals surface area contributed by atoms with Gasteiger partial charge in [0.1, 0.15) is 0 Å². The summed E-state index contributed by atoms with van der Waals surface area (Å²) < 4.78 is 8.46. The molecule has 1 fully saturated rings. The standard InChI is InChI=1S/C13H22N2OSe/c1-4-16-11(3)12-10(2)14-13(17-12)15-8-6-5-7-9-15/h11H,4-9H2,1-3H3. The van der Waals surface area contributed by atoms with E-state index in [1.807, 2.05) is 0 Å². The van der Waals surface area contributed by atoms with Gasteiger partial charge in [0.2, 0.25) is 0 Å². The van der Waals surface area contributed by atoms with E-state index >= 15 is 0 Å². The molecule has 1 saturated heterocycles. The monoisotopic (exact) mass is 302 g/mol. The van der Waals surface area contributed by atoms with Crippen molar-refractivity contribution in [1.29, 1.82) is 0 Å². The molecule has 17 heavy (non-hydrogen) atoms. The van der Waals surface area contributed by atoms with Crippen LogP contribution in [0.3, 0.4) is 0 Å². The Hall–Kier alpha value is -0.311. The molecule has 2 rings (SSSR count). The number of hydrogen-bond donors (Lipinski definition) is 0. The summed E-state index contributed by atoms with van der Waals surface area (Å²) in [4.78, 5) is 7.25. The Kier molecular flexibility index (Phi) is 4.66. The van der Waals surface area contributed by atoms with E-state index in [1.54, 1.807) is 0 Å². The summed E-state index contributed by atoms with van der Waals surface area (Å²) >= 11 is 0.385. The topological polar surface area (TPSA) is 25.4 Å². The van der Waals surface area contributed by atoms with Crippen molar-refractivity contribution < 1.29 is 4.74 Å². The minimum absolute atomic E-state index is 0.242. The molecule has 0 saturated carbocycles.